The topological polar surface area (TPSA) is 70.8 Å². The molecule has 0 saturated heterocycles. The first-order valence-corrected chi connectivity index (χ1v) is 6.57. The number of para-hydroxylation sites is 1. The van der Waals surface area contributed by atoms with E-state index >= 15 is 0 Å². The van der Waals surface area contributed by atoms with Crippen molar-refractivity contribution in [3.05, 3.63) is 47.5 Å². The number of benzene rings is 2. The third kappa shape index (κ3) is 2.38. The summed E-state index contributed by atoms with van der Waals surface area (Å²) in [7, 11) is 1.49. The molecule has 3 rings (SSSR count). The fourth-order valence-corrected chi connectivity index (χ4v) is 2.30. The predicted octanol–water partition coefficient (Wildman–Crippen LogP) is 2.28. The van der Waals surface area contributed by atoms with Crippen LogP contribution in [-0.4, -0.2) is 26.1 Å². The van der Waals surface area contributed by atoms with Gasteiger partial charge in [0.2, 0.25) is 0 Å². The van der Waals surface area contributed by atoms with Gasteiger partial charge in [-0.3, -0.25) is 4.79 Å². The third-order valence-corrected chi connectivity index (χ3v) is 3.30. The van der Waals surface area contributed by atoms with Crippen molar-refractivity contribution in [2.45, 2.75) is 0 Å². The molecule has 0 bridgehead atoms. The van der Waals surface area contributed by atoms with Gasteiger partial charge in [-0.15, -0.1) is 0 Å². The SMILES string of the molecule is COc1c(N)cccc1C(=O)c1ccc2c(c1)OCCO2. The Labute approximate surface area is 122 Å². The van der Waals surface area contributed by atoms with Crippen LogP contribution in [0.5, 0.6) is 17.2 Å². The molecule has 5 nitrogen and oxygen atoms in total. The average molecular weight is 285 g/mol. The molecule has 2 aromatic carbocycles. The van der Waals surface area contributed by atoms with Crippen LogP contribution in [0, 0.1) is 0 Å². The number of fused-ring (bicyclic) bond motifs is 1. The Hall–Kier alpha value is -2.69. The van der Waals surface area contributed by atoms with Crippen LogP contribution in [0.4, 0.5) is 5.69 Å². The predicted molar refractivity (Wildman–Crippen MR) is 78.3 cm³/mol. The van der Waals surface area contributed by atoms with E-state index in [0.29, 0.717) is 47.3 Å². The van der Waals surface area contributed by atoms with Crippen molar-refractivity contribution >= 4 is 11.5 Å². The van der Waals surface area contributed by atoms with Crippen LogP contribution in [0.15, 0.2) is 36.4 Å². The summed E-state index contributed by atoms with van der Waals surface area (Å²) < 4.78 is 16.2. The lowest BCUT2D eigenvalue weighted by molar-refractivity contribution is 0.103. The number of methoxy groups -OCH3 is 1. The van der Waals surface area contributed by atoms with Gasteiger partial charge in [-0.25, -0.2) is 0 Å². The third-order valence-electron chi connectivity index (χ3n) is 3.30. The van der Waals surface area contributed by atoms with Gasteiger partial charge in [0.05, 0.1) is 18.4 Å². The zero-order valence-corrected chi connectivity index (χ0v) is 11.6. The van der Waals surface area contributed by atoms with Crippen molar-refractivity contribution in [3.63, 3.8) is 0 Å². The summed E-state index contributed by atoms with van der Waals surface area (Å²) in [4.78, 5) is 12.6. The number of carbonyl (C=O) groups excluding carboxylic acids is 1. The van der Waals surface area contributed by atoms with E-state index in [9.17, 15) is 4.79 Å². The summed E-state index contributed by atoms with van der Waals surface area (Å²) in [5.74, 6) is 1.45. The molecule has 1 aliphatic rings. The van der Waals surface area contributed by atoms with E-state index in [-0.39, 0.29) is 5.78 Å². The molecule has 0 aliphatic carbocycles. The van der Waals surface area contributed by atoms with Crippen molar-refractivity contribution in [3.8, 4) is 17.2 Å². The van der Waals surface area contributed by atoms with Gasteiger partial charge in [0.1, 0.15) is 13.2 Å². The van der Waals surface area contributed by atoms with Crippen molar-refractivity contribution in [1.29, 1.82) is 0 Å². The lowest BCUT2D eigenvalue weighted by Crippen LogP contribution is -2.16. The Kier molecular flexibility index (Phi) is 3.39. The Morgan fingerprint density at radius 3 is 2.67 bits per heavy atom. The highest BCUT2D eigenvalue weighted by Gasteiger charge is 2.19. The molecule has 0 fully saturated rings. The van der Waals surface area contributed by atoms with Crippen LogP contribution in [-0.2, 0) is 0 Å². The summed E-state index contributed by atoms with van der Waals surface area (Å²) in [5.41, 5.74) is 7.20. The van der Waals surface area contributed by atoms with E-state index in [1.165, 1.54) is 7.11 Å². The molecule has 2 aromatic rings. The Morgan fingerprint density at radius 1 is 1.14 bits per heavy atom. The average Bonchev–Trinajstić information content (AvgIpc) is 2.53. The fourth-order valence-electron chi connectivity index (χ4n) is 2.30. The van der Waals surface area contributed by atoms with E-state index in [1.807, 2.05) is 0 Å². The molecule has 0 unspecified atom stereocenters. The van der Waals surface area contributed by atoms with Crippen LogP contribution >= 0.6 is 0 Å². The van der Waals surface area contributed by atoms with Crippen molar-refractivity contribution in [1.82, 2.24) is 0 Å². The smallest absolute Gasteiger partial charge is 0.196 e. The zero-order chi connectivity index (χ0) is 14.8. The second-order valence-corrected chi connectivity index (χ2v) is 4.62. The number of nitrogens with two attached hydrogens (primary N) is 1. The van der Waals surface area contributed by atoms with Gasteiger partial charge in [-0.2, -0.15) is 0 Å². The van der Waals surface area contributed by atoms with Gasteiger partial charge in [0.25, 0.3) is 0 Å². The lowest BCUT2D eigenvalue weighted by atomic mass is 10.0. The van der Waals surface area contributed by atoms with Crippen molar-refractivity contribution in [2.24, 2.45) is 0 Å². The largest absolute Gasteiger partial charge is 0.494 e. The van der Waals surface area contributed by atoms with E-state index in [4.69, 9.17) is 19.9 Å². The summed E-state index contributed by atoms with van der Waals surface area (Å²) in [6.45, 7) is 0.996. The van der Waals surface area contributed by atoms with Gasteiger partial charge in [-0.1, -0.05) is 6.07 Å². The number of rotatable bonds is 3. The molecular weight excluding hydrogens is 270 g/mol. The lowest BCUT2D eigenvalue weighted by Gasteiger charge is -2.18. The molecule has 108 valence electrons. The molecule has 1 heterocycles. The quantitative estimate of drug-likeness (QED) is 0.692. The molecule has 21 heavy (non-hydrogen) atoms. The van der Waals surface area contributed by atoms with Crippen molar-refractivity contribution in [2.75, 3.05) is 26.1 Å². The number of ketones is 1. The minimum Gasteiger partial charge on any atom is -0.494 e. The second-order valence-electron chi connectivity index (χ2n) is 4.62. The molecule has 0 aromatic heterocycles. The molecular formula is C16H15NO4. The Morgan fingerprint density at radius 2 is 1.90 bits per heavy atom. The maximum absolute atomic E-state index is 12.6. The highest BCUT2D eigenvalue weighted by Crippen LogP contribution is 2.33. The molecule has 0 radical (unpaired) electrons. The number of anilines is 1. The summed E-state index contributed by atoms with van der Waals surface area (Å²) in [5, 5.41) is 0. The molecule has 0 amide bonds. The standard InChI is InChI=1S/C16H15NO4/c1-19-16-11(3-2-4-12(16)17)15(18)10-5-6-13-14(9-10)21-8-7-20-13/h2-6,9H,7-8,17H2,1H3. The van der Waals surface area contributed by atoms with Gasteiger partial charge >= 0.3 is 0 Å². The van der Waals surface area contributed by atoms with E-state index in [0.717, 1.165) is 0 Å². The van der Waals surface area contributed by atoms with Crippen LogP contribution in [0.1, 0.15) is 15.9 Å². The van der Waals surface area contributed by atoms with Gasteiger partial charge < -0.3 is 19.9 Å². The molecule has 2 N–H and O–H groups in total. The van der Waals surface area contributed by atoms with Crippen LogP contribution in [0.25, 0.3) is 0 Å². The van der Waals surface area contributed by atoms with Crippen molar-refractivity contribution < 1.29 is 19.0 Å². The Bertz CT molecular complexity index is 697. The maximum atomic E-state index is 12.6. The highest BCUT2D eigenvalue weighted by atomic mass is 16.6. The monoisotopic (exact) mass is 285 g/mol. The number of hydrogen-bond donors (Lipinski definition) is 1. The Balaban J connectivity index is 2.01. The molecule has 0 saturated carbocycles. The van der Waals surface area contributed by atoms with E-state index < -0.39 is 0 Å². The van der Waals surface area contributed by atoms with E-state index in [2.05, 4.69) is 0 Å². The molecule has 5 heteroatoms. The van der Waals surface area contributed by atoms with Crippen LogP contribution < -0.4 is 19.9 Å². The first-order valence-electron chi connectivity index (χ1n) is 6.57. The molecule has 1 aliphatic heterocycles. The minimum absolute atomic E-state index is 0.170. The molecule has 0 spiro atoms. The highest BCUT2D eigenvalue weighted by molar-refractivity contribution is 6.11. The normalized spacial score (nSPS) is 12.8. The fraction of sp³-hybridized carbons (Fsp3) is 0.188. The van der Waals surface area contributed by atoms with E-state index in [1.54, 1.807) is 36.4 Å². The number of carbonyl (C=O) groups is 1. The number of nitrogen functional groups attached to an aromatic ring is 1. The maximum Gasteiger partial charge on any atom is 0.196 e. The van der Waals surface area contributed by atoms with Gasteiger partial charge in [-0.05, 0) is 30.3 Å². The van der Waals surface area contributed by atoms with Crippen LogP contribution in [0.2, 0.25) is 0 Å². The number of ether oxygens (including phenoxy) is 3. The first kappa shape index (κ1) is 13.3. The van der Waals surface area contributed by atoms with Gasteiger partial charge in [0.15, 0.2) is 23.0 Å². The summed E-state index contributed by atoms with van der Waals surface area (Å²) in [6, 6.07) is 10.2. The first-order chi connectivity index (χ1) is 10.2. The second kappa shape index (κ2) is 5.36. The summed E-state index contributed by atoms with van der Waals surface area (Å²) in [6.07, 6.45) is 0. The van der Waals surface area contributed by atoms with Crippen LogP contribution in [0.3, 0.4) is 0 Å². The zero-order valence-electron chi connectivity index (χ0n) is 11.6. The number of hydrogen-bond acceptors (Lipinski definition) is 5. The minimum atomic E-state index is -0.170. The summed E-state index contributed by atoms with van der Waals surface area (Å²) >= 11 is 0. The van der Waals surface area contributed by atoms with Gasteiger partial charge in [0, 0.05) is 5.56 Å². The molecule has 0 atom stereocenters.